The lowest BCUT2D eigenvalue weighted by atomic mass is 10.0. The zero-order valence-electron chi connectivity index (χ0n) is 18.3. The van der Waals surface area contributed by atoms with Crippen molar-refractivity contribution in [2.45, 2.75) is 32.2 Å². The Kier molecular flexibility index (Phi) is 9.40. The molecule has 0 fully saturated rings. The van der Waals surface area contributed by atoms with E-state index in [1.54, 1.807) is 0 Å². The third kappa shape index (κ3) is 8.38. The molecule has 35 heavy (non-hydrogen) atoms. The molecule has 190 valence electrons. The van der Waals surface area contributed by atoms with Gasteiger partial charge in [0.15, 0.2) is 5.84 Å². The highest BCUT2D eigenvalue weighted by Gasteiger charge is 2.41. The number of nitrogens with zero attached hydrogens (tertiary/aromatic N) is 4. The molecule has 2 rings (SSSR count). The molecule has 3 N–H and O–H groups in total. The standard InChI is InChI=1S/C20H20ClF6N7O/c1-3-28-18(12-6-13(19(22,23)24)17(21)14(7-12)20(25,26)27)34-33-5-4-16(35)32-10-31-15-9-29-11(2)8-30-15/h3-7,9,11,33H,8,10H2,1-2H3,(H,30,31)(H,32,35)/b5-4-,28-3?,34-18-. The minimum atomic E-state index is -5.15. The van der Waals surface area contributed by atoms with Gasteiger partial charge in [0, 0.05) is 24.1 Å². The van der Waals surface area contributed by atoms with Gasteiger partial charge in [-0.1, -0.05) is 11.6 Å². The number of carbonyl (C=O) groups excluding carboxylic acids is 1. The number of halogens is 7. The molecule has 15 heteroatoms. The fourth-order valence-corrected chi connectivity index (χ4v) is 2.89. The predicted octanol–water partition coefficient (Wildman–Crippen LogP) is 3.77. The van der Waals surface area contributed by atoms with Crippen LogP contribution >= 0.6 is 11.6 Å². The number of hydrogen-bond donors (Lipinski definition) is 3. The molecule has 1 unspecified atom stereocenters. The number of benzene rings is 1. The first-order valence-electron chi connectivity index (χ1n) is 9.89. The van der Waals surface area contributed by atoms with E-state index in [1.165, 1.54) is 13.1 Å². The van der Waals surface area contributed by atoms with Crippen molar-refractivity contribution in [2.24, 2.45) is 20.1 Å². The van der Waals surface area contributed by atoms with Crippen LogP contribution in [0.1, 0.15) is 30.5 Å². The Labute approximate surface area is 201 Å². The topological polar surface area (TPSA) is 103 Å². The molecule has 0 aromatic heterocycles. The number of amides is 1. The van der Waals surface area contributed by atoms with Crippen molar-refractivity contribution in [3.05, 3.63) is 46.1 Å². The summed E-state index contributed by atoms with van der Waals surface area (Å²) in [5, 5.41) is 7.50. The maximum absolute atomic E-state index is 13.3. The fraction of sp³-hybridized carbons (Fsp3) is 0.350. The van der Waals surface area contributed by atoms with E-state index in [1.807, 2.05) is 6.92 Å². The van der Waals surface area contributed by atoms with Crippen LogP contribution in [-0.2, 0) is 17.1 Å². The molecule has 1 aliphatic rings. The van der Waals surface area contributed by atoms with Crippen LogP contribution in [0.2, 0.25) is 5.02 Å². The molecule has 1 aliphatic heterocycles. The molecule has 0 bridgehead atoms. The largest absolute Gasteiger partial charge is 0.417 e. The molecule has 0 saturated heterocycles. The monoisotopic (exact) mass is 523 g/mol. The highest BCUT2D eigenvalue weighted by atomic mass is 35.5. The van der Waals surface area contributed by atoms with Crippen molar-refractivity contribution in [2.75, 3.05) is 13.2 Å². The molecular weight excluding hydrogens is 504 g/mol. The average Bonchev–Trinajstić information content (AvgIpc) is 2.76. The summed E-state index contributed by atoms with van der Waals surface area (Å²) < 4.78 is 79.6. The smallest absolute Gasteiger partial charge is 0.352 e. The Morgan fingerprint density at radius 2 is 1.83 bits per heavy atom. The second-order valence-corrected chi connectivity index (χ2v) is 7.29. The van der Waals surface area contributed by atoms with Gasteiger partial charge < -0.3 is 10.6 Å². The molecule has 0 radical (unpaired) electrons. The minimum absolute atomic E-state index is 0.0300. The van der Waals surface area contributed by atoms with Crippen molar-refractivity contribution < 1.29 is 31.1 Å². The number of rotatable bonds is 6. The van der Waals surface area contributed by atoms with Gasteiger partial charge in [0.25, 0.3) is 0 Å². The Balaban J connectivity index is 2.12. The van der Waals surface area contributed by atoms with Crippen molar-refractivity contribution in [3.8, 4) is 0 Å². The Hall–Kier alpha value is -3.42. The average molecular weight is 524 g/mol. The molecule has 1 atom stereocenters. The van der Waals surface area contributed by atoms with E-state index in [2.05, 4.69) is 36.1 Å². The molecule has 1 amide bonds. The van der Waals surface area contributed by atoms with E-state index in [9.17, 15) is 31.1 Å². The Morgan fingerprint density at radius 3 is 2.34 bits per heavy atom. The first-order valence-corrected chi connectivity index (χ1v) is 10.3. The van der Waals surface area contributed by atoms with E-state index in [-0.39, 0.29) is 12.7 Å². The molecule has 0 spiro atoms. The molecule has 1 aromatic carbocycles. The molecule has 8 nitrogen and oxygen atoms in total. The summed E-state index contributed by atoms with van der Waals surface area (Å²) in [7, 11) is 0. The number of hydrogen-bond acceptors (Lipinski definition) is 6. The van der Waals surface area contributed by atoms with E-state index in [0.29, 0.717) is 24.5 Å². The summed E-state index contributed by atoms with van der Waals surface area (Å²) >= 11 is 5.38. The zero-order valence-corrected chi connectivity index (χ0v) is 19.1. The van der Waals surface area contributed by atoms with Crippen molar-refractivity contribution in [3.63, 3.8) is 0 Å². The van der Waals surface area contributed by atoms with Gasteiger partial charge in [0.05, 0.1) is 41.6 Å². The third-order valence-corrected chi connectivity index (χ3v) is 4.59. The summed E-state index contributed by atoms with van der Waals surface area (Å²) in [4.78, 5) is 23.9. The van der Waals surface area contributed by atoms with E-state index >= 15 is 0 Å². The lowest BCUT2D eigenvalue weighted by Gasteiger charge is -2.16. The van der Waals surface area contributed by atoms with Crippen molar-refractivity contribution >= 4 is 41.6 Å². The normalized spacial score (nSPS) is 17.1. The van der Waals surface area contributed by atoms with Gasteiger partial charge in [-0.2, -0.15) is 31.4 Å². The van der Waals surface area contributed by atoms with Gasteiger partial charge in [-0.05, 0) is 26.0 Å². The summed E-state index contributed by atoms with van der Waals surface area (Å²) in [6.45, 7) is 3.83. The van der Waals surface area contributed by atoms with Crippen molar-refractivity contribution in [1.29, 1.82) is 0 Å². The van der Waals surface area contributed by atoms with Crippen LogP contribution in [0.25, 0.3) is 0 Å². The highest BCUT2D eigenvalue weighted by molar-refractivity contribution is 6.32. The van der Waals surface area contributed by atoms with Gasteiger partial charge in [0.1, 0.15) is 5.84 Å². The lowest BCUT2D eigenvalue weighted by Crippen LogP contribution is -2.38. The fourth-order valence-electron chi connectivity index (χ4n) is 2.57. The molecule has 1 aromatic rings. The van der Waals surface area contributed by atoms with Gasteiger partial charge >= 0.3 is 12.4 Å². The van der Waals surface area contributed by atoms with E-state index < -0.39 is 45.8 Å². The zero-order chi connectivity index (χ0) is 26.2. The maximum atomic E-state index is 13.3. The summed E-state index contributed by atoms with van der Waals surface area (Å²) in [5.74, 6) is -0.583. The van der Waals surface area contributed by atoms with E-state index in [0.717, 1.165) is 18.5 Å². The number of nitrogens with one attached hydrogen (secondary N) is 3. The maximum Gasteiger partial charge on any atom is 0.417 e. The number of amidine groups is 2. The quantitative estimate of drug-likeness (QED) is 0.132. The van der Waals surface area contributed by atoms with Crippen LogP contribution in [0.3, 0.4) is 0 Å². The second-order valence-electron chi connectivity index (χ2n) is 6.91. The molecule has 1 heterocycles. The number of aliphatic imine (C=N–C) groups is 3. The van der Waals surface area contributed by atoms with Gasteiger partial charge in [-0.3, -0.25) is 20.2 Å². The third-order valence-electron chi connectivity index (χ3n) is 4.18. The van der Waals surface area contributed by atoms with Crippen LogP contribution in [0.5, 0.6) is 0 Å². The highest BCUT2D eigenvalue weighted by Crippen LogP contribution is 2.43. The Bertz CT molecular complexity index is 1040. The second kappa shape index (κ2) is 11.8. The number of carbonyl (C=O) groups is 1. The number of hydrazone groups is 1. The molecular formula is C20H20ClF6N7O. The lowest BCUT2D eigenvalue weighted by molar-refractivity contribution is -0.142. The van der Waals surface area contributed by atoms with Crippen LogP contribution in [-0.4, -0.2) is 49.3 Å². The SMILES string of the molecule is CC=N/C(=N\N/C=C\C(=O)NCNC1=NCC(C)N=C1)c1cc(C(F)(F)F)c(Cl)c(C(F)(F)F)c1. The minimum Gasteiger partial charge on any atom is -0.352 e. The number of alkyl halides is 6. The Morgan fingerprint density at radius 1 is 1.20 bits per heavy atom. The van der Waals surface area contributed by atoms with Gasteiger partial charge in [-0.25, -0.2) is 4.99 Å². The van der Waals surface area contributed by atoms with Crippen LogP contribution in [0, 0.1) is 0 Å². The molecule has 0 saturated carbocycles. The molecule has 0 aliphatic carbocycles. The van der Waals surface area contributed by atoms with Crippen LogP contribution in [0.4, 0.5) is 26.3 Å². The first-order chi connectivity index (χ1) is 16.3. The summed E-state index contributed by atoms with van der Waals surface area (Å²) in [6.07, 6.45) is -5.63. The first kappa shape index (κ1) is 27.8. The summed E-state index contributed by atoms with van der Waals surface area (Å²) in [6, 6.07) is 0.899. The van der Waals surface area contributed by atoms with Crippen LogP contribution in [0.15, 0.2) is 44.5 Å². The van der Waals surface area contributed by atoms with Gasteiger partial charge in [-0.15, -0.1) is 0 Å². The summed E-state index contributed by atoms with van der Waals surface area (Å²) in [5.41, 5.74) is -1.72. The predicted molar refractivity (Wildman–Crippen MR) is 121 cm³/mol. The van der Waals surface area contributed by atoms with E-state index in [4.69, 9.17) is 11.6 Å². The van der Waals surface area contributed by atoms with Crippen LogP contribution < -0.4 is 16.1 Å². The van der Waals surface area contributed by atoms with Crippen molar-refractivity contribution in [1.82, 2.24) is 16.1 Å². The van der Waals surface area contributed by atoms with Gasteiger partial charge in [0.2, 0.25) is 5.91 Å².